The Morgan fingerprint density at radius 1 is 1.20 bits per heavy atom. The van der Waals surface area contributed by atoms with Crippen LogP contribution in [0.5, 0.6) is 0 Å². The Hall–Kier alpha value is -1.51. The summed E-state index contributed by atoms with van der Waals surface area (Å²) >= 11 is 0. The molecule has 0 aliphatic rings. The lowest BCUT2D eigenvalue weighted by molar-refractivity contribution is -0.120. The summed E-state index contributed by atoms with van der Waals surface area (Å²) < 4.78 is 0. The molecule has 112 valence electrons. The lowest BCUT2D eigenvalue weighted by Gasteiger charge is -2.25. The highest BCUT2D eigenvalue weighted by molar-refractivity contribution is 5.78. The number of carbonyl (C=O) groups is 1. The summed E-state index contributed by atoms with van der Waals surface area (Å²) in [5.41, 5.74) is 7.53. The Labute approximate surface area is 122 Å². The molecule has 0 unspecified atom stereocenters. The molecule has 0 radical (unpaired) electrons. The lowest BCUT2D eigenvalue weighted by Crippen LogP contribution is -2.34. The second kappa shape index (κ2) is 7.93. The van der Waals surface area contributed by atoms with Crippen molar-refractivity contribution in [1.29, 1.82) is 0 Å². The molecule has 1 aromatic rings. The van der Waals surface area contributed by atoms with Crippen LogP contribution < -0.4 is 11.1 Å². The number of nitrogens with two attached hydrogens (primary N) is 1. The zero-order valence-corrected chi connectivity index (χ0v) is 13.0. The first-order chi connectivity index (χ1) is 9.43. The van der Waals surface area contributed by atoms with E-state index < -0.39 is 0 Å². The molecule has 0 spiro atoms. The Balaban J connectivity index is 2.33. The molecule has 3 nitrogen and oxygen atoms in total. The van der Waals surface area contributed by atoms with Crippen molar-refractivity contribution >= 4 is 11.6 Å². The van der Waals surface area contributed by atoms with E-state index in [9.17, 15) is 4.79 Å². The van der Waals surface area contributed by atoms with Gasteiger partial charge >= 0.3 is 0 Å². The number of hydrogen-bond acceptors (Lipinski definition) is 2. The first kappa shape index (κ1) is 16.5. The van der Waals surface area contributed by atoms with E-state index in [1.165, 1.54) is 19.3 Å². The highest BCUT2D eigenvalue weighted by atomic mass is 16.1. The smallest absolute Gasteiger partial charge is 0.224 e. The van der Waals surface area contributed by atoms with Gasteiger partial charge in [-0.1, -0.05) is 52.2 Å². The van der Waals surface area contributed by atoms with Crippen molar-refractivity contribution < 1.29 is 4.79 Å². The molecule has 1 amide bonds. The monoisotopic (exact) mass is 276 g/mol. The van der Waals surface area contributed by atoms with Gasteiger partial charge in [-0.05, 0) is 29.5 Å². The van der Waals surface area contributed by atoms with Gasteiger partial charge in [-0.25, -0.2) is 0 Å². The second-order valence-electron chi connectivity index (χ2n) is 6.32. The fourth-order valence-electron chi connectivity index (χ4n) is 2.16. The molecular formula is C17H28N2O. The van der Waals surface area contributed by atoms with Crippen molar-refractivity contribution in [1.82, 2.24) is 5.32 Å². The summed E-state index contributed by atoms with van der Waals surface area (Å²) in [4.78, 5) is 11.9. The summed E-state index contributed by atoms with van der Waals surface area (Å²) in [5, 5.41) is 3.04. The normalized spacial score (nSPS) is 11.3. The molecule has 20 heavy (non-hydrogen) atoms. The van der Waals surface area contributed by atoms with E-state index in [0.717, 1.165) is 24.2 Å². The topological polar surface area (TPSA) is 55.1 Å². The third-order valence-electron chi connectivity index (χ3n) is 3.57. The highest BCUT2D eigenvalue weighted by Gasteiger charge is 2.18. The van der Waals surface area contributed by atoms with Crippen LogP contribution in [-0.4, -0.2) is 12.5 Å². The average molecular weight is 276 g/mol. The Morgan fingerprint density at radius 2 is 1.85 bits per heavy atom. The molecule has 3 heteroatoms. The minimum Gasteiger partial charge on any atom is -0.399 e. The number of anilines is 1. The van der Waals surface area contributed by atoms with Crippen LogP contribution in [0.2, 0.25) is 0 Å². The molecule has 0 atom stereocenters. The van der Waals surface area contributed by atoms with E-state index in [0.29, 0.717) is 6.42 Å². The zero-order valence-electron chi connectivity index (χ0n) is 13.0. The highest BCUT2D eigenvalue weighted by Crippen LogP contribution is 2.22. The molecule has 0 saturated heterocycles. The van der Waals surface area contributed by atoms with Crippen molar-refractivity contribution in [3.05, 3.63) is 29.8 Å². The van der Waals surface area contributed by atoms with Gasteiger partial charge in [0.15, 0.2) is 0 Å². The number of rotatable bonds is 8. The molecule has 0 heterocycles. The molecule has 3 N–H and O–H groups in total. The molecule has 0 aliphatic heterocycles. The van der Waals surface area contributed by atoms with E-state index in [1.54, 1.807) is 0 Å². The number of amides is 1. The first-order valence-electron chi connectivity index (χ1n) is 7.54. The van der Waals surface area contributed by atoms with Gasteiger partial charge in [0, 0.05) is 12.2 Å². The van der Waals surface area contributed by atoms with Gasteiger partial charge in [0.05, 0.1) is 6.42 Å². The first-order valence-corrected chi connectivity index (χ1v) is 7.54. The zero-order chi connectivity index (χ0) is 15.0. The standard InChI is InChI=1S/C17H28N2O/c1-4-5-6-11-17(2,3)13-19-16(20)12-14-7-9-15(18)10-8-14/h7-10H,4-6,11-13,18H2,1-3H3,(H,19,20). The number of nitrogen functional groups attached to an aromatic ring is 1. The Bertz CT molecular complexity index is 410. The Kier molecular flexibility index (Phi) is 6.56. The van der Waals surface area contributed by atoms with Crippen LogP contribution >= 0.6 is 0 Å². The lowest BCUT2D eigenvalue weighted by atomic mass is 9.87. The summed E-state index contributed by atoms with van der Waals surface area (Å²) in [5.74, 6) is 0.0818. The van der Waals surface area contributed by atoms with Crippen LogP contribution in [0.3, 0.4) is 0 Å². The van der Waals surface area contributed by atoms with Crippen LogP contribution in [0.1, 0.15) is 52.0 Å². The molecule has 1 rings (SSSR count). The predicted molar refractivity (Wildman–Crippen MR) is 85.5 cm³/mol. The molecular weight excluding hydrogens is 248 g/mol. The van der Waals surface area contributed by atoms with Gasteiger partial charge in [0.2, 0.25) is 5.91 Å². The van der Waals surface area contributed by atoms with Gasteiger partial charge in [0.25, 0.3) is 0 Å². The van der Waals surface area contributed by atoms with Crippen LogP contribution in [0.15, 0.2) is 24.3 Å². The van der Waals surface area contributed by atoms with E-state index in [-0.39, 0.29) is 11.3 Å². The van der Waals surface area contributed by atoms with Gasteiger partial charge in [-0.15, -0.1) is 0 Å². The van der Waals surface area contributed by atoms with Crippen molar-refractivity contribution in [2.45, 2.75) is 52.9 Å². The maximum Gasteiger partial charge on any atom is 0.224 e. The van der Waals surface area contributed by atoms with Gasteiger partial charge in [0.1, 0.15) is 0 Å². The number of unbranched alkanes of at least 4 members (excludes halogenated alkanes) is 2. The van der Waals surface area contributed by atoms with E-state index in [1.807, 2.05) is 24.3 Å². The second-order valence-corrected chi connectivity index (χ2v) is 6.32. The SMILES string of the molecule is CCCCCC(C)(C)CNC(=O)Cc1ccc(N)cc1. The predicted octanol–water partition coefficient (Wildman–Crippen LogP) is 3.53. The van der Waals surface area contributed by atoms with Crippen LogP contribution in [0, 0.1) is 5.41 Å². The molecule has 0 saturated carbocycles. The van der Waals surface area contributed by atoms with Crippen molar-refractivity contribution in [2.24, 2.45) is 5.41 Å². The van der Waals surface area contributed by atoms with Crippen LogP contribution in [0.4, 0.5) is 5.69 Å². The largest absolute Gasteiger partial charge is 0.399 e. The van der Waals surface area contributed by atoms with Crippen molar-refractivity contribution in [2.75, 3.05) is 12.3 Å². The molecule has 1 aromatic carbocycles. The summed E-state index contributed by atoms with van der Waals surface area (Å²) in [6.07, 6.45) is 5.31. The number of hydrogen-bond donors (Lipinski definition) is 2. The molecule has 0 fully saturated rings. The maximum absolute atomic E-state index is 11.9. The summed E-state index contributed by atoms with van der Waals surface area (Å²) in [6, 6.07) is 7.47. The molecule has 0 aromatic heterocycles. The number of carbonyl (C=O) groups excluding carboxylic acids is 1. The number of benzene rings is 1. The van der Waals surface area contributed by atoms with E-state index in [4.69, 9.17) is 5.73 Å². The Morgan fingerprint density at radius 3 is 2.45 bits per heavy atom. The van der Waals surface area contributed by atoms with Gasteiger partial charge in [-0.3, -0.25) is 4.79 Å². The summed E-state index contributed by atoms with van der Waals surface area (Å²) in [6.45, 7) is 7.38. The minimum atomic E-state index is 0.0818. The van der Waals surface area contributed by atoms with Gasteiger partial charge < -0.3 is 11.1 Å². The quantitative estimate of drug-likeness (QED) is 0.563. The number of nitrogens with one attached hydrogen (secondary N) is 1. The third kappa shape index (κ3) is 6.60. The van der Waals surface area contributed by atoms with Crippen LogP contribution in [-0.2, 0) is 11.2 Å². The fourth-order valence-corrected chi connectivity index (χ4v) is 2.16. The van der Waals surface area contributed by atoms with Gasteiger partial charge in [-0.2, -0.15) is 0 Å². The average Bonchev–Trinajstić information content (AvgIpc) is 2.40. The molecule has 0 bridgehead atoms. The van der Waals surface area contributed by atoms with E-state index in [2.05, 4.69) is 26.1 Å². The van der Waals surface area contributed by atoms with E-state index >= 15 is 0 Å². The van der Waals surface area contributed by atoms with Crippen molar-refractivity contribution in [3.8, 4) is 0 Å². The van der Waals surface area contributed by atoms with Crippen LogP contribution in [0.25, 0.3) is 0 Å². The van der Waals surface area contributed by atoms with Crippen molar-refractivity contribution in [3.63, 3.8) is 0 Å². The summed E-state index contributed by atoms with van der Waals surface area (Å²) in [7, 11) is 0. The molecule has 0 aliphatic carbocycles. The third-order valence-corrected chi connectivity index (χ3v) is 3.57. The minimum absolute atomic E-state index is 0.0818. The fraction of sp³-hybridized carbons (Fsp3) is 0.588. The maximum atomic E-state index is 11.9.